The van der Waals surface area contributed by atoms with Crippen LogP contribution in [0.5, 0.6) is 11.5 Å². The number of hydrogen-bond donors (Lipinski definition) is 1. The van der Waals surface area contributed by atoms with Crippen molar-refractivity contribution in [3.63, 3.8) is 0 Å². The van der Waals surface area contributed by atoms with Crippen molar-refractivity contribution in [3.05, 3.63) is 23.8 Å². The third-order valence-electron chi connectivity index (χ3n) is 2.27. The molecule has 2 N–H and O–H groups in total. The second kappa shape index (κ2) is 3.26. The lowest BCUT2D eigenvalue weighted by Crippen LogP contribution is -2.31. The van der Waals surface area contributed by atoms with E-state index in [-0.39, 0.29) is 6.23 Å². The Morgan fingerprint density at radius 1 is 1.54 bits per heavy atom. The smallest absolute Gasteiger partial charge is 0.148 e. The van der Waals surface area contributed by atoms with Crippen molar-refractivity contribution < 1.29 is 9.47 Å². The number of fused-ring (bicyclic) bond motifs is 1. The van der Waals surface area contributed by atoms with Gasteiger partial charge in [0, 0.05) is 12.0 Å². The van der Waals surface area contributed by atoms with Gasteiger partial charge in [-0.1, -0.05) is 6.07 Å². The first-order valence-corrected chi connectivity index (χ1v) is 4.39. The minimum atomic E-state index is -0.167. The SMILES string of the molecule is COc1cccc2c1CCC(N)O2. The molecule has 1 aromatic carbocycles. The molecule has 2 rings (SSSR count). The molecule has 0 radical (unpaired) electrons. The molecule has 0 aliphatic carbocycles. The van der Waals surface area contributed by atoms with Gasteiger partial charge in [-0.3, -0.25) is 5.73 Å². The maximum absolute atomic E-state index is 5.68. The molecular formula is C10H13NO2. The van der Waals surface area contributed by atoms with Crippen molar-refractivity contribution in [2.75, 3.05) is 7.11 Å². The quantitative estimate of drug-likeness (QED) is 0.706. The van der Waals surface area contributed by atoms with Gasteiger partial charge in [-0.2, -0.15) is 0 Å². The normalized spacial score (nSPS) is 20.3. The zero-order valence-corrected chi connectivity index (χ0v) is 7.62. The van der Waals surface area contributed by atoms with Gasteiger partial charge in [-0.05, 0) is 18.6 Å². The predicted molar refractivity (Wildman–Crippen MR) is 49.9 cm³/mol. The summed E-state index contributed by atoms with van der Waals surface area (Å²) in [5.41, 5.74) is 6.81. The summed E-state index contributed by atoms with van der Waals surface area (Å²) in [5.74, 6) is 1.75. The Morgan fingerprint density at radius 2 is 2.38 bits per heavy atom. The fraction of sp³-hybridized carbons (Fsp3) is 0.400. The molecular weight excluding hydrogens is 166 g/mol. The summed E-state index contributed by atoms with van der Waals surface area (Å²) >= 11 is 0. The lowest BCUT2D eigenvalue weighted by molar-refractivity contribution is 0.178. The number of hydrogen-bond acceptors (Lipinski definition) is 3. The highest BCUT2D eigenvalue weighted by Crippen LogP contribution is 2.33. The van der Waals surface area contributed by atoms with Crippen molar-refractivity contribution in [1.29, 1.82) is 0 Å². The molecule has 1 aliphatic heterocycles. The van der Waals surface area contributed by atoms with Crippen LogP contribution in [0.3, 0.4) is 0 Å². The maximum Gasteiger partial charge on any atom is 0.148 e. The van der Waals surface area contributed by atoms with E-state index in [2.05, 4.69) is 0 Å². The van der Waals surface area contributed by atoms with E-state index in [1.807, 2.05) is 18.2 Å². The minimum Gasteiger partial charge on any atom is -0.496 e. The van der Waals surface area contributed by atoms with Crippen LogP contribution in [0.1, 0.15) is 12.0 Å². The molecule has 0 aromatic heterocycles. The van der Waals surface area contributed by atoms with Gasteiger partial charge in [0.25, 0.3) is 0 Å². The number of ether oxygens (including phenoxy) is 2. The molecule has 1 aliphatic rings. The first kappa shape index (κ1) is 8.38. The van der Waals surface area contributed by atoms with E-state index in [0.717, 1.165) is 29.9 Å². The second-order valence-electron chi connectivity index (χ2n) is 3.13. The zero-order valence-electron chi connectivity index (χ0n) is 7.62. The van der Waals surface area contributed by atoms with Crippen molar-refractivity contribution in [1.82, 2.24) is 0 Å². The van der Waals surface area contributed by atoms with Gasteiger partial charge < -0.3 is 9.47 Å². The van der Waals surface area contributed by atoms with Crippen LogP contribution in [-0.2, 0) is 6.42 Å². The monoisotopic (exact) mass is 179 g/mol. The van der Waals surface area contributed by atoms with Gasteiger partial charge in [0.2, 0.25) is 0 Å². The highest BCUT2D eigenvalue weighted by Gasteiger charge is 2.18. The molecule has 13 heavy (non-hydrogen) atoms. The molecule has 0 spiro atoms. The Hall–Kier alpha value is -1.22. The van der Waals surface area contributed by atoms with Crippen LogP contribution < -0.4 is 15.2 Å². The van der Waals surface area contributed by atoms with Crippen LogP contribution in [0.25, 0.3) is 0 Å². The van der Waals surface area contributed by atoms with Crippen molar-refractivity contribution in [2.45, 2.75) is 19.1 Å². The molecule has 0 amide bonds. The van der Waals surface area contributed by atoms with E-state index in [1.54, 1.807) is 7.11 Å². The van der Waals surface area contributed by atoms with E-state index < -0.39 is 0 Å². The van der Waals surface area contributed by atoms with E-state index >= 15 is 0 Å². The average molecular weight is 179 g/mol. The number of rotatable bonds is 1. The molecule has 0 bridgehead atoms. The highest BCUT2D eigenvalue weighted by atomic mass is 16.5. The van der Waals surface area contributed by atoms with Gasteiger partial charge in [0.05, 0.1) is 7.11 Å². The standard InChI is InChI=1S/C10H13NO2/c1-12-8-3-2-4-9-7(8)5-6-10(11)13-9/h2-4,10H,5-6,11H2,1H3. The summed E-state index contributed by atoms with van der Waals surface area (Å²) in [7, 11) is 1.67. The molecule has 0 saturated carbocycles. The third-order valence-corrected chi connectivity index (χ3v) is 2.27. The van der Waals surface area contributed by atoms with E-state index in [4.69, 9.17) is 15.2 Å². The van der Waals surface area contributed by atoms with Crippen LogP contribution in [0.4, 0.5) is 0 Å². The number of benzene rings is 1. The lowest BCUT2D eigenvalue weighted by atomic mass is 10.0. The zero-order chi connectivity index (χ0) is 9.26. The fourth-order valence-electron chi connectivity index (χ4n) is 1.60. The number of methoxy groups -OCH3 is 1. The van der Waals surface area contributed by atoms with Crippen LogP contribution in [0, 0.1) is 0 Å². The highest BCUT2D eigenvalue weighted by molar-refractivity contribution is 5.45. The maximum atomic E-state index is 5.68. The largest absolute Gasteiger partial charge is 0.496 e. The Kier molecular flexibility index (Phi) is 2.10. The summed E-state index contributed by atoms with van der Waals surface area (Å²) < 4.78 is 10.7. The molecule has 0 fully saturated rings. The average Bonchev–Trinajstić information content (AvgIpc) is 2.16. The Morgan fingerprint density at radius 3 is 3.15 bits per heavy atom. The van der Waals surface area contributed by atoms with Gasteiger partial charge in [-0.15, -0.1) is 0 Å². The molecule has 3 heteroatoms. The van der Waals surface area contributed by atoms with Gasteiger partial charge in [0.15, 0.2) is 0 Å². The summed E-state index contributed by atoms with van der Waals surface area (Å²) in [6.07, 6.45) is 1.62. The van der Waals surface area contributed by atoms with Crippen LogP contribution in [-0.4, -0.2) is 13.3 Å². The third kappa shape index (κ3) is 1.47. The van der Waals surface area contributed by atoms with Gasteiger partial charge in [-0.25, -0.2) is 0 Å². The lowest BCUT2D eigenvalue weighted by Gasteiger charge is -2.24. The Labute approximate surface area is 77.5 Å². The second-order valence-corrected chi connectivity index (χ2v) is 3.13. The fourth-order valence-corrected chi connectivity index (χ4v) is 1.60. The van der Waals surface area contributed by atoms with E-state index in [0.29, 0.717) is 0 Å². The Balaban J connectivity index is 2.39. The van der Waals surface area contributed by atoms with Crippen molar-refractivity contribution >= 4 is 0 Å². The molecule has 0 saturated heterocycles. The van der Waals surface area contributed by atoms with Gasteiger partial charge in [0.1, 0.15) is 17.7 Å². The Bertz CT molecular complexity index is 312. The van der Waals surface area contributed by atoms with E-state index in [9.17, 15) is 0 Å². The van der Waals surface area contributed by atoms with E-state index in [1.165, 1.54) is 0 Å². The summed E-state index contributed by atoms with van der Waals surface area (Å²) in [6, 6.07) is 5.78. The molecule has 1 atom stereocenters. The molecule has 3 nitrogen and oxygen atoms in total. The minimum absolute atomic E-state index is 0.167. The molecule has 70 valence electrons. The number of nitrogens with two attached hydrogens (primary N) is 1. The van der Waals surface area contributed by atoms with Gasteiger partial charge >= 0.3 is 0 Å². The predicted octanol–water partition coefficient (Wildman–Crippen LogP) is 1.30. The first-order chi connectivity index (χ1) is 6.31. The van der Waals surface area contributed by atoms with Crippen LogP contribution in [0.2, 0.25) is 0 Å². The topological polar surface area (TPSA) is 44.5 Å². The summed E-state index contributed by atoms with van der Waals surface area (Å²) in [6.45, 7) is 0. The van der Waals surface area contributed by atoms with Crippen LogP contribution in [0.15, 0.2) is 18.2 Å². The molecule has 1 unspecified atom stereocenters. The van der Waals surface area contributed by atoms with Crippen LogP contribution >= 0.6 is 0 Å². The molecule has 1 heterocycles. The van der Waals surface area contributed by atoms with Crippen molar-refractivity contribution in [2.24, 2.45) is 5.73 Å². The first-order valence-electron chi connectivity index (χ1n) is 4.39. The van der Waals surface area contributed by atoms with Crippen molar-refractivity contribution in [3.8, 4) is 11.5 Å². The summed E-state index contributed by atoms with van der Waals surface area (Å²) in [5, 5.41) is 0. The molecule has 1 aromatic rings. The summed E-state index contributed by atoms with van der Waals surface area (Å²) in [4.78, 5) is 0.